The molecule has 5 nitrogen and oxygen atoms in total. The molecule has 0 atom stereocenters. The van der Waals surface area contributed by atoms with Gasteiger partial charge in [0.15, 0.2) is 0 Å². The smallest absolute Gasteiger partial charge is 0.271 e. The van der Waals surface area contributed by atoms with Crippen LogP contribution in [-0.4, -0.2) is 32.8 Å². The number of nitrogens with zero attached hydrogens (tertiary/aromatic N) is 1. The van der Waals surface area contributed by atoms with Crippen LogP contribution in [0.25, 0.3) is 0 Å². The van der Waals surface area contributed by atoms with Gasteiger partial charge in [-0.15, -0.1) is 11.3 Å². The van der Waals surface area contributed by atoms with Crippen LogP contribution in [0.5, 0.6) is 0 Å². The molecular weight excluding hydrogens is 320 g/mol. The molecule has 7 heteroatoms. The monoisotopic (exact) mass is 338 g/mol. The summed E-state index contributed by atoms with van der Waals surface area (Å²) in [6.07, 6.45) is 0.308. The summed E-state index contributed by atoms with van der Waals surface area (Å²) < 4.78 is 27.0. The maximum absolute atomic E-state index is 12.1. The van der Waals surface area contributed by atoms with Gasteiger partial charge in [-0.3, -0.25) is 9.52 Å². The first-order valence-electron chi connectivity index (χ1n) is 6.81. The van der Waals surface area contributed by atoms with Gasteiger partial charge in [0.2, 0.25) is 5.91 Å². The zero-order valence-electron chi connectivity index (χ0n) is 12.4. The molecule has 0 fully saturated rings. The normalized spacial score (nSPS) is 11.2. The van der Waals surface area contributed by atoms with Crippen LogP contribution >= 0.6 is 11.3 Å². The van der Waals surface area contributed by atoms with E-state index in [0.717, 1.165) is 5.56 Å². The number of benzene rings is 1. The van der Waals surface area contributed by atoms with Crippen molar-refractivity contribution in [1.29, 1.82) is 0 Å². The molecule has 0 aliphatic heterocycles. The van der Waals surface area contributed by atoms with Gasteiger partial charge in [-0.25, -0.2) is 8.42 Å². The Bertz CT molecular complexity index is 723. The Kier molecular flexibility index (Phi) is 5.20. The van der Waals surface area contributed by atoms with Crippen molar-refractivity contribution in [2.24, 2.45) is 0 Å². The molecule has 0 bridgehead atoms. The largest absolute Gasteiger partial charge is 0.346 e. The van der Waals surface area contributed by atoms with Crippen molar-refractivity contribution in [3.8, 4) is 0 Å². The minimum atomic E-state index is -3.53. The topological polar surface area (TPSA) is 66.5 Å². The Morgan fingerprint density at radius 1 is 1.23 bits per heavy atom. The fourth-order valence-electron chi connectivity index (χ4n) is 1.80. The second kappa shape index (κ2) is 6.93. The summed E-state index contributed by atoms with van der Waals surface area (Å²) in [5, 5.41) is 1.72. The molecule has 2 aromatic rings. The Morgan fingerprint density at radius 3 is 2.45 bits per heavy atom. The van der Waals surface area contributed by atoms with E-state index < -0.39 is 10.0 Å². The lowest BCUT2D eigenvalue weighted by Gasteiger charge is -2.14. The Balaban J connectivity index is 2.05. The highest BCUT2D eigenvalue weighted by atomic mass is 32.2. The number of likely N-dealkylation sites (N-methyl/N-ethyl adjacent to an activating group) is 1. The maximum atomic E-state index is 12.1. The van der Waals surface area contributed by atoms with E-state index in [1.54, 1.807) is 53.7 Å². The molecule has 0 saturated carbocycles. The predicted molar refractivity (Wildman–Crippen MR) is 88.6 cm³/mol. The van der Waals surface area contributed by atoms with Crippen molar-refractivity contribution in [1.82, 2.24) is 4.90 Å². The molecule has 118 valence electrons. The minimum Gasteiger partial charge on any atom is -0.346 e. The van der Waals surface area contributed by atoms with E-state index in [4.69, 9.17) is 0 Å². The zero-order chi connectivity index (χ0) is 16.2. The molecule has 22 heavy (non-hydrogen) atoms. The van der Waals surface area contributed by atoms with Gasteiger partial charge in [0.05, 0.1) is 6.42 Å². The van der Waals surface area contributed by atoms with Crippen LogP contribution in [-0.2, 0) is 21.2 Å². The van der Waals surface area contributed by atoms with E-state index in [9.17, 15) is 13.2 Å². The third-order valence-electron chi connectivity index (χ3n) is 3.22. The second-order valence-electron chi connectivity index (χ2n) is 4.82. The van der Waals surface area contributed by atoms with E-state index in [2.05, 4.69) is 4.72 Å². The van der Waals surface area contributed by atoms with Gasteiger partial charge in [0, 0.05) is 19.3 Å². The van der Waals surface area contributed by atoms with Gasteiger partial charge in [-0.05, 0) is 36.1 Å². The zero-order valence-corrected chi connectivity index (χ0v) is 14.1. The number of hydrogen-bond donors (Lipinski definition) is 1. The summed E-state index contributed by atoms with van der Waals surface area (Å²) in [6.45, 7) is 2.58. The Labute approximate surface area is 134 Å². The third kappa shape index (κ3) is 4.08. The summed E-state index contributed by atoms with van der Waals surface area (Å²) in [4.78, 5) is 13.5. The summed E-state index contributed by atoms with van der Waals surface area (Å²) in [5.74, 6) is 0.0365. The first-order chi connectivity index (χ1) is 10.4. The van der Waals surface area contributed by atoms with Crippen LogP contribution < -0.4 is 4.72 Å². The van der Waals surface area contributed by atoms with Gasteiger partial charge in [0.1, 0.15) is 4.21 Å². The van der Waals surface area contributed by atoms with Crippen molar-refractivity contribution in [2.75, 3.05) is 18.3 Å². The number of nitrogens with one attached hydrogen (secondary N) is 1. The molecule has 0 aliphatic rings. The van der Waals surface area contributed by atoms with Crippen molar-refractivity contribution < 1.29 is 13.2 Å². The lowest BCUT2D eigenvalue weighted by Crippen LogP contribution is -2.27. The number of carbonyl (C=O) groups excluding carboxylic acids is 1. The van der Waals surface area contributed by atoms with E-state index >= 15 is 0 Å². The van der Waals surface area contributed by atoms with Crippen molar-refractivity contribution >= 4 is 33.0 Å². The highest BCUT2D eigenvalue weighted by Crippen LogP contribution is 2.20. The Morgan fingerprint density at radius 2 is 1.91 bits per heavy atom. The lowest BCUT2D eigenvalue weighted by atomic mass is 10.1. The number of hydrogen-bond acceptors (Lipinski definition) is 4. The van der Waals surface area contributed by atoms with Crippen LogP contribution in [0.15, 0.2) is 46.0 Å². The van der Waals surface area contributed by atoms with Gasteiger partial charge >= 0.3 is 0 Å². The molecule has 0 saturated heterocycles. The van der Waals surface area contributed by atoms with Gasteiger partial charge < -0.3 is 4.90 Å². The second-order valence-corrected chi connectivity index (χ2v) is 7.68. The van der Waals surface area contributed by atoms with Crippen molar-refractivity contribution in [3.63, 3.8) is 0 Å². The number of rotatable bonds is 6. The summed E-state index contributed by atoms with van der Waals surface area (Å²) in [7, 11) is -1.77. The number of sulfonamides is 1. The number of amides is 1. The minimum absolute atomic E-state index is 0.0365. The summed E-state index contributed by atoms with van der Waals surface area (Å²) in [6, 6.07) is 10.1. The van der Waals surface area contributed by atoms with Gasteiger partial charge in [0.25, 0.3) is 10.0 Å². The molecule has 0 aliphatic carbocycles. The average molecular weight is 338 g/mol. The first kappa shape index (κ1) is 16.5. The first-order valence-corrected chi connectivity index (χ1v) is 9.18. The van der Waals surface area contributed by atoms with Crippen LogP contribution in [0.3, 0.4) is 0 Å². The summed E-state index contributed by atoms with van der Waals surface area (Å²) in [5.41, 5.74) is 1.33. The molecular formula is C15H18N2O3S2. The molecule has 2 rings (SSSR count). The molecule has 0 unspecified atom stereocenters. The molecule has 1 N–H and O–H groups in total. The maximum Gasteiger partial charge on any atom is 0.271 e. The molecule has 0 spiro atoms. The average Bonchev–Trinajstić information content (AvgIpc) is 3.03. The standard InChI is InChI=1S/C15H18N2O3S2/c1-3-17(2)14(18)11-12-6-8-13(9-7-12)16-22(19,20)15-5-4-10-21-15/h4-10,16H,3,11H2,1-2H3. The van der Waals surface area contributed by atoms with Crippen molar-refractivity contribution in [2.45, 2.75) is 17.6 Å². The highest BCUT2D eigenvalue weighted by molar-refractivity contribution is 7.94. The molecule has 1 amide bonds. The van der Waals surface area contributed by atoms with Gasteiger partial charge in [-0.1, -0.05) is 18.2 Å². The quantitative estimate of drug-likeness (QED) is 0.880. The van der Waals surface area contributed by atoms with E-state index in [1.165, 1.54) is 11.3 Å². The number of thiophene rings is 1. The van der Waals surface area contributed by atoms with E-state index in [0.29, 0.717) is 18.7 Å². The highest BCUT2D eigenvalue weighted by Gasteiger charge is 2.15. The SMILES string of the molecule is CCN(C)C(=O)Cc1ccc(NS(=O)(=O)c2cccs2)cc1. The summed E-state index contributed by atoms with van der Waals surface area (Å²) >= 11 is 1.17. The molecule has 1 aromatic heterocycles. The number of carbonyl (C=O) groups is 1. The van der Waals surface area contributed by atoms with E-state index in [-0.39, 0.29) is 10.1 Å². The molecule has 1 heterocycles. The van der Waals surface area contributed by atoms with Crippen LogP contribution in [0.2, 0.25) is 0 Å². The van der Waals surface area contributed by atoms with Crippen LogP contribution in [0, 0.1) is 0 Å². The van der Waals surface area contributed by atoms with Crippen molar-refractivity contribution in [3.05, 3.63) is 47.3 Å². The fourth-order valence-corrected chi connectivity index (χ4v) is 3.85. The van der Waals surface area contributed by atoms with Gasteiger partial charge in [-0.2, -0.15) is 0 Å². The van der Waals surface area contributed by atoms with Crippen LogP contribution in [0.4, 0.5) is 5.69 Å². The molecule has 1 aromatic carbocycles. The lowest BCUT2D eigenvalue weighted by molar-refractivity contribution is -0.128. The van der Waals surface area contributed by atoms with Crippen LogP contribution in [0.1, 0.15) is 12.5 Å². The number of anilines is 1. The molecule has 0 radical (unpaired) electrons. The predicted octanol–water partition coefficient (Wildman–Crippen LogP) is 2.57. The Hall–Kier alpha value is -1.86. The third-order valence-corrected chi connectivity index (χ3v) is 6.00. The fraction of sp³-hybridized carbons (Fsp3) is 0.267. The van der Waals surface area contributed by atoms with E-state index in [1.807, 2.05) is 6.92 Å².